The normalized spacial score (nSPS) is 11.5. The van der Waals surface area contributed by atoms with Gasteiger partial charge in [0.15, 0.2) is 11.0 Å². The van der Waals surface area contributed by atoms with Crippen molar-refractivity contribution in [3.05, 3.63) is 17.3 Å². The number of rotatable bonds is 3. The molecule has 0 saturated heterocycles. The molecule has 0 bridgehead atoms. The summed E-state index contributed by atoms with van der Waals surface area (Å²) in [7, 11) is 1.52. The topological polar surface area (TPSA) is 29.0 Å². The van der Waals surface area contributed by atoms with Crippen LogP contribution in [0, 0.1) is 0 Å². The molecule has 0 amide bonds. The highest BCUT2D eigenvalue weighted by atomic mass is 35.5. The second kappa shape index (κ2) is 4.65. The van der Waals surface area contributed by atoms with E-state index in [-0.39, 0.29) is 11.7 Å². The summed E-state index contributed by atoms with van der Waals surface area (Å²) in [5.74, 6) is 0.364. The highest BCUT2D eigenvalue weighted by Gasteiger charge is 2.27. The van der Waals surface area contributed by atoms with Crippen LogP contribution < -0.4 is 4.90 Å². The maximum absolute atomic E-state index is 11.9. The van der Waals surface area contributed by atoms with E-state index in [9.17, 15) is 13.2 Å². The van der Waals surface area contributed by atoms with Crippen LogP contribution in [0.15, 0.2) is 12.1 Å². The van der Waals surface area contributed by atoms with E-state index < -0.39 is 12.6 Å². The molecule has 0 fully saturated rings. The number of aromatic nitrogens is 2. The van der Waals surface area contributed by atoms with Gasteiger partial charge in [0.1, 0.15) is 0 Å². The highest BCUT2D eigenvalue weighted by molar-refractivity contribution is 6.29. The second-order valence-corrected chi connectivity index (χ2v) is 3.39. The van der Waals surface area contributed by atoms with Crippen LogP contribution in [-0.4, -0.2) is 30.0 Å². The Balaban J connectivity index is 2.54. The van der Waals surface area contributed by atoms with E-state index in [1.54, 1.807) is 0 Å². The van der Waals surface area contributed by atoms with Crippen molar-refractivity contribution in [2.45, 2.75) is 12.6 Å². The van der Waals surface area contributed by atoms with Gasteiger partial charge in [-0.2, -0.15) is 13.2 Å². The zero-order chi connectivity index (χ0) is 11.5. The van der Waals surface area contributed by atoms with E-state index in [1.807, 2.05) is 0 Å². The standard InChI is InChI=1S/C8H9ClF3N3/c1-15(5-4-8(10,11)12)7-3-2-6(9)13-14-7/h2-3H,4-5H2,1H3. The van der Waals surface area contributed by atoms with Crippen LogP contribution in [0.5, 0.6) is 0 Å². The molecule has 0 spiro atoms. The molecule has 0 N–H and O–H groups in total. The zero-order valence-corrected chi connectivity index (χ0v) is 8.68. The number of hydrogen-bond acceptors (Lipinski definition) is 3. The summed E-state index contributed by atoms with van der Waals surface area (Å²) in [6, 6.07) is 3.00. The van der Waals surface area contributed by atoms with E-state index in [1.165, 1.54) is 24.1 Å². The van der Waals surface area contributed by atoms with Crippen molar-refractivity contribution in [3.63, 3.8) is 0 Å². The predicted octanol–water partition coefficient (Wildman–Crippen LogP) is 2.52. The lowest BCUT2D eigenvalue weighted by Crippen LogP contribution is -2.24. The van der Waals surface area contributed by atoms with Gasteiger partial charge in [0, 0.05) is 13.6 Å². The molecule has 1 aromatic heterocycles. The summed E-state index contributed by atoms with van der Waals surface area (Å²) in [6.45, 7) is -0.153. The maximum atomic E-state index is 11.9. The number of anilines is 1. The Bertz CT molecular complexity index is 312. The zero-order valence-electron chi connectivity index (χ0n) is 7.92. The first-order valence-electron chi connectivity index (χ1n) is 4.15. The molecule has 1 rings (SSSR count). The van der Waals surface area contributed by atoms with E-state index in [0.29, 0.717) is 5.82 Å². The Labute approximate surface area is 89.9 Å². The Kier molecular flexibility index (Phi) is 3.73. The van der Waals surface area contributed by atoms with Crippen LogP contribution in [0.4, 0.5) is 19.0 Å². The Hall–Kier alpha value is -1.04. The summed E-state index contributed by atoms with van der Waals surface area (Å²) in [5.41, 5.74) is 0. The minimum atomic E-state index is -4.16. The van der Waals surface area contributed by atoms with E-state index >= 15 is 0 Å². The molecule has 84 valence electrons. The van der Waals surface area contributed by atoms with Crippen LogP contribution in [-0.2, 0) is 0 Å². The summed E-state index contributed by atoms with van der Waals surface area (Å²) >= 11 is 5.49. The molecule has 0 aromatic carbocycles. The van der Waals surface area contributed by atoms with Gasteiger partial charge in [0.05, 0.1) is 6.42 Å². The van der Waals surface area contributed by atoms with Gasteiger partial charge in [0.2, 0.25) is 0 Å². The Morgan fingerprint density at radius 1 is 1.33 bits per heavy atom. The fourth-order valence-corrected chi connectivity index (χ4v) is 1.02. The fourth-order valence-electron chi connectivity index (χ4n) is 0.922. The van der Waals surface area contributed by atoms with Crippen LogP contribution in [0.25, 0.3) is 0 Å². The minimum absolute atomic E-state index is 0.153. The molecule has 0 aliphatic heterocycles. The quantitative estimate of drug-likeness (QED) is 0.812. The molecule has 0 aliphatic carbocycles. The molecule has 0 saturated carbocycles. The fraction of sp³-hybridized carbons (Fsp3) is 0.500. The van der Waals surface area contributed by atoms with Crippen LogP contribution in [0.3, 0.4) is 0 Å². The van der Waals surface area contributed by atoms with Crippen LogP contribution in [0.2, 0.25) is 5.15 Å². The number of hydrogen-bond donors (Lipinski definition) is 0. The third-order valence-electron chi connectivity index (χ3n) is 1.74. The van der Waals surface area contributed by atoms with Crippen molar-refractivity contribution in [3.8, 4) is 0 Å². The van der Waals surface area contributed by atoms with Crippen molar-refractivity contribution >= 4 is 17.4 Å². The molecule has 15 heavy (non-hydrogen) atoms. The highest BCUT2D eigenvalue weighted by Crippen LogP contribution is 2.20. The van der Waals surface area contributed by atoms with Gasteiger partial charge in [0.25, 0.3) is 0 Å². The molecule has 7 heteroatoms. The summed E-state index contributed by atoms with van der Waals surface area (Å²) < 4.78 is 35.7. The van der Waals surface area contributed by atoms with Gasteiger partial charge < -0.3 is 4.90 Å². The molecule has 0 atom stereocenters. The average Bonchev–Trinajstić information content (AvgIpc) is 2.14. The smallest absolute Gasteiger partial charge is 0.358 e. The van der Waals surface area contributed by atoms with Gasteiger partial charge >= 0.3 is 6.18 Å². The van der Waals surface area contributed by atoms with Crippen molar-refractivity contribution < 1.29 is 13.2 Å². The van der Waals surface area contributed by atoms with Gasteiger partial charge in [-0.15, -0.1) is 10.2 Å². The Morgan fingerprint density at radius 3 is 2.47 bits per heavy atom. The molecule has 1 aromatic rings. The van der Waals surface area contributed by atoms with E-state index in [0.717, 1.165) is 0 Å². The summed E-state index contributed by atoms with van der Waals surface area (Å²) in [5, 5.41) is 7.40. The molecule has 0 radical (unpaired) electrons. The predicted molar refractivity (Wildman–Crippen MR) is 51.0 cm³/mol. The lowest BCUT2D eigenvalue weighted by Gasteiger charge is -2.18. The number of alkyl halides is 3. The Morgan fingerprint density at radius 2 is 2.00 bits per heavy atom. The first-order chi connectivity index (χ1) is 6.88. The number of halogens is 4. The molecule has 0 aliphatic rings. The minimum Gasteiger partial charge on any atom is -0.358 e. The molecule has 0 unspecified atom stereocenters. The average molecular weight is 240 g/mol. The summed E-state index contributed by atoms with van der Waals surface area (Å²) in [6.07, 6.45) is -5.04. The van der Waals surface area contributed by atoms with Crippen molar-refractivity contribution in [1.29, 1.82) is 0 Å². The van der Waals surface area contributed by atoms with Crippen LogP contribution in [0.1, 0.15) is 6.42 Å². The first-order valence-corrected chi connectivity index (χ1v) is 4.53. The van der Waals surface area contributed by atoms with Crippen molar-refractivity contribution in [2.75, 3.05) is 18.5 Å². The van der Waals surface area contributed by atoms with E-state index in [2.05, 4.69) is 10.2 Å². The number of nitrogens with zero attached hydrogens (tertiary/aromatic N) is 3. The van der Waals surface area contributed by atoms with Gasteiger partial charge in [-0.25, -0.2) is 0 Å². The molecular weight excluding hydrogens is 231 g/mol. The van der Waals surface area contributed by atoms with Crippen LogP contribution >= 0.6 is 11.6 Å². The monoisotopic (exact) mass is 239 g/mol. The maximum Gasteiger partial charge on any atom is 0.390 e. The third kappa shape index (κ3) is 4.33. The lowest BCUT2D eigenvalue weighted by atomic mass is 10.4. The first kappa shape index (κ1) is 12.0. The summed E-state index contributed by atoms with van der Waals surface area (Å²) in [4.78, 5) is 1.37. The molecule has 3 nitrogen and oxygen atoms in total. The van der Waals surface area contributed by atoms with Crippen molar-refractivity contribution in [2.24, 2.45) is 0 Å². The molecule has 1 heterocycles. The largest absolute Gasteiger partial charge is 0.390 e. The van der Waals surface area contributed by atoms with E-state index in [4.69, 9.17) is 11.6 Å². The molecular formula is C8H9ClF3N3. The SMILES string of the molecule is CN(CCC(F)(F)F)c1ccc(Cl)nn1. The van der Waals surface area contributed by atoms with Gasteiger partial charge in [-0.05, 0) is 12.1 Å². The third-order valence-corrected chi connectivity index (χ3v) is 1.94. The van der Waals surface area contributed by atoms with Gasteiger partial charge in [-0.3, -0.25) is 0 Å². The second-order valence-electron chi connectivity index (χ2n) is 3.00. The lowest BCUT2D eigenvalue weighted by molar-refractivity contribution is -0.132. The van der Waals surface area contributed by atoms with Crippen molar-refractivity contribution in [1.82, 2.24) is 10.2 Å². The van der Waals surface area contributed by atoms with Gasteiger partial charge in [-0.1, -0.05) is 11.6 Å².